The molecule has 0 saturated heterocycles. The number of carbonyl (C=O) groups is 1. The van der Waals surface area contributed by atoms with Gasteiger partial charge in [-0.05, 0) is 33.3 Å². The smallest absolute Gasteiger partial charge is 0.407 e. The Bertz CT molecular complexity index is 472. The van der Waals surface area contributed by atoms with Gasteiger partial charge in [0.25, 0.3) is 0 Å². The average molecular weight is 312 g/mol. The number of nitrogens with one attached hydrogen (secondary N) is 2. The zero-order chi connectivity index (χ0) is 15.9. The van der Waals surface area contributed by atoms with E-state index in [2.05, 4.69) is 10.0 Å². The van der Waals surface area contributed by atoms with Gasteiger partial charge >= 0.3 is 6.09 Å². The normalized spacial score (nSPS) is 14.3. The van der Waals surface area contributed by atoms with E-state index in [4.69, 9.17) is 4.74 Å². The molecule has 21 heavy (non-hydrogen) atoms. The molecule has 0 aliphatic carbocycles. The lowest BCUT2D eigenvalue weighted by Gasteiger charge is -2.20. The zero-order valence-electron chi connectivity index (χ0n) is 13.0. The number of benzene rings is 1. The number of alkyl carbamates (subject to hydrolysis) is 1. The van der Waals surface area contributed by atoms with Crippen LogP contribution in [-0.4, -0.2) is 27.6 Å². The number of ether oxygens (including phenoxy) is 1. The lowest BCUT2D eigenvalue weighted by atomic mass is 10.2. The largest absolute Gasteiger partial charge is 0.445 e. The number of hydrogen-bond acceptors (Lipinski definition) is 3. The summed E-state index contributed by atoms with van der Waals surface area (Å²) in [5.74, 6) is 0. The Morgan fingerprint density at radius 3 is 2.48 bits per heavy atom. The standard InChI is InChI=1S/C15H24N2O3S/c1-12(10-16-21(19)15(2,3)4)17-14(18)20-11-13-8-6-5-7-9-13/h5-9,12,16H,10-11H2,1-4H3,(H,17,18)/t12-,21?/m0/s1. The van der Waals surface area contributed by atoms with Crippen molar-refractivity contribution < 1.29 is 13.7 Å². The maximum atomic E-state index is 11.8. The van der Waals surface area contributed by atoms with Crippen LogP contribution in [-0.2, 0) is 22.3 Å². The van der Waals surface area contributed by atoms with E-state index in [9.17, 15) is 9.00 Å². The Morgan fingerprint density at radius 1 is 1.29 bits per heavy atom. The average Bonchev–Trinajstić information content (AvgIpc) is 2.42. The zero-order valence-corrected chi connectivity index (χ0v) is 13.8. The summed E-state index contributed by atoms with van der Waals surface area (Å²) in [6.45, 7) is 8.16. The molecule has 118 valence electrons. The molecule has 0 aliphatic rings. The molecule has 2 atom stereocenters. The SMILES string of the molecule is C[C@@H](CNS(=O)C(C)(C)C)NC(=O)OCc1ccccc1. The van der Waals surface area contributed by atoms with Gasteiger partial charge in [-0.2, -0.15) is 0 Å². The number of hydrogen-bond donors (Lipinski definition) is 2. The first-order valence-corrected chi connectivity index (χ1v) is 8.06. The maximum absolute atomic E-state index is 11.8. The van der Waals surface area contributed by atoms with Crippen molar-refractivity contribution >= 4 is 17.1 Å². The summed E-state index contributed by atoms with van der Waals surface area (Å²) in [6.07, 6.45) is -0.477. The topological polar surface area (TPSA) is 67.4 Å². The van der Waals surface area contributed by atoms with E-state index >= 15 is 0 Å². The molecule has 0 radical (unpaired) electrons. The van der Waals surface area contributed by atoms with Crippen LogP contribution in [0.15, 0.2) is 30.3 Å². The molecule has 0 spiro atoms. The fourth-order valence-corrected chi connectivity index (χ4v) is 2.27. The molecular weight excluding hydrogens is 288 g/mol. The molecule has 0 bridgehead atoms. The molecular formula is C15H24N2O3S. The van der Waals surface area contributed by atoms with Crippen molar-refractivity contribution in [3.63, 3.8) is 0 Å². The Balaban J connectivity index is 2.26. The second kappa shape index (κ2) is 8.14. The summed E-state index contributed by atoms with van der Waals surface area (Å²) in [7, 11) is -1.15. The molecule has 0 heterocycles. The van der Waals surface area contributed by atoms with Crippen LogP contribution in [0.2, 0.25) is 0 Å². The molecule has 2 N–H and O–H groups in total. The third kappa shape index (κ3) is 7.24. The summed E-state index contributed by atoms with van der Waals surface area (Å²) in [5, 5.41) is 2.70. The predicted molar refractivity (Wildman–Crippen MR) is 85.1 cm³/mol. The van der Waals surface area contributed by atoms with E-state index in [-0.39, 0.29) is 17.4 Å². The van der Waals surface area contributed by atoms with E-state index in [0.29, 0.717) is 6.54 Å². The van der Waals surface area contributed by atoms with Crippen LogP contribution in [0.3, 0.4) is 0 Å². The molecule has 0 aromatic heterocycles. The highest BCUT2D eigenvalue weighted by molar-refractivity contribution is 7.84. The van der Waals surface area contributed by atoms with Gasteiger partial charge in [-0.3, -0.25) is 0 Å². The number of rotatable bonds is 6. The lowest BCUT2D eigenvalue weighted by Crippen LogP contribution is -2.43. The Kier molecular flexibility index (Phi) is 6.84. The van der Waals surface area contributed by atoms with Gasteiger partial charge in [-0.25, -0.2) is 13.7 Å². The molecule has 0 aliphatic heterocycles. The van der Waals surface area contributed by atoms with Crippen LogP contribution in [0.4, 0.5) is 4.79 Å². The molecule has 5 nitrogen and oxygen atoms in total. The van der Waals surface area contributed by atoms with Crippen LogP contribution in [0, 0.1) is 0 Å². The van der Waals surface area contributed by atoms with Gasteiger partial charge in [-0.1, -0.05) is 30.3 Å². The molecule has 1 aromatic rings. The van der Waals surface area contributed by atoms with Crippen LogP contribution >= 0.6 is 0 Å². The van der Waals surface area contributed by atoms with Crippen molar-refractivity contribution in [3.8, 4) is 0 Å². The van der Waals surface area contributed by atoms with Gasteiger partial charge in [-0.15, -0.1) is 0 Å². The predicted octanol–water partition coefficient (Wildman–Crippen LogP) is 2.35. The Hall–Kier alpha value is -1.40. The molecule has 1 amide bonds. The number of amides is 1. The first kappa shape index (κ1) is 17.7. The highest BCUT2D eigenvalue weighted by Crippen LogP contribution is 2.08. The van der Waals surface area contributed by atoms with Gasteiger partial charge in [0.2, 0.25) is 0 Å². The highest BCUT2D eigenvalue weighted by atomic mass is 32.2. The first-order valence-electron chi connectivity index (χ1n) is 6.91. The minimum atomic E-state index is -1.15. The number of carbonyl (C=O) groups excluding carboxylic acids is 1. The van der Waals surface area contributed by atoms with Crippen LogP contribution in [0.5, 0.6) is 0 Å². The molecule has 1 rings (SSSR count). The fourth-order valence-electron chi connectivity index (χ4n) is 1.43. The highest BCUT2D eigenvalue weighted by Gasteiger charge is 2.20. The summed E-state index contributed by atoms with van der Waals surface area (Å²) < 4.78 is 19.5. The van der Waals surface area contributed by atoms with Crippen molar-refractivity contribution in [2.24, 2.45) is 0 Å². The molecule has 0 saturated carbocycles. The minimum Gasteiger partial charge on any atom is -0.445 e. The molecule has 1 aromatic carbocycles. The molecule has 1 unspecified atom stereocenters. The Morgan fingerprint density at radius 2 is 1.90 bits per heavy atom. The monoisotopic (exact) mass is 312 g/mol. The van der Waals surface area contributed by atoms with Gasteiger partial charge in [0.05, 0.1) is 15.7 Å². The van der Waals surface area contributed by atoms with Crippen LogP contribution < -0.4 is 10.0 Å². The van der Waals surface area contributed by atoms with Crippen molar-refractivity contribution in [3.05, 3.63) is 35.9 Å². The summed E-state index contributed by atoms with van der Waals surface area (Å²) in [4.78, 5) is 11.6. The van der Waals surface area contributed by atoms with Crippen molar-refractivity contribution in [1.82, 2.24) is 10.0 Å². The molecule has 6 heteroatoms. The third-order valence-electron chi connectivity index (χ3n) is 2.65. The van der Waals surface area contributed by atoms with Crippen molar-refractivity contribution in [2.75, 3.05) is 6.54 Å². The van der Waals surface area contributed by atoms with Gasteiger partial charge in [0, 0.05) is 12.6 Å². The Labute approximate surface area is 129 Å². The van der Waals surface area contributed by atoms with E-state index in [1.165, 1.54) is 0 Å². The van der Waals surface area contributed by atoms with Gasteiger partial charge in [0.15, 0.2) is 0 Å². The lowest BCUT2D eigenvalue weighted by molar-refractivity contribution is 0.136. The van der Waals surface area contributed by atoms with Crippen molar-refractivity contribution in [2.45, 2.75) is 45.1 Å². The fraction of sp³-hybridized carbons (Fsp3) is 0.533. The van der Waals surface area contributed by atoms with E-state index < -0.39 is 17.1 Å². The maximum Gasteiger partial charge on any atom is 0.407 e. The van der Waals surface area contributed by atoms with Crippen LogP contribution in [0.25, 0.3) is 0 Å². The van der Waals surface area contributed by atoms with Crippen LogP contribution in [0.1, 0.15) is 33.3 Å². The van der Waals surface area contributed by atoms with Gasteiger partial charge < -0.3 is 10.1 Å². The van der Waals surface area contributed by atoms with E-state index in [0.717, 1.165) is 5.56 Å². The van der Waals surface area contributed by atoms with Crippen molar-refractivity contribution in [1.29, 1.82) is 0 Å². The van der Waals surface area contributed by atoms with E-state index in [1.54, 1.807) is 0 Å². The summed E-state index contributed by atoms with van der Waals surface area (Å²) >= 11 is 0. The van der Waals surface area contributed by atoms with Gasteiger partial charge in [0.1, 0.15) is 6.61 Å². The summed E-state index contributed by atoms with van der Waals surface area (Å²) in [6, 6.07) is 9.32. The third-order valence-corrected chi connectivity index (χ3v) is 4.20. The second-order valence-electron chi connectivity index (χ2n) is 5.84. The quantitative estimate of drug-likeness (QED) is 0.847. The first-order chi connectivity index (χ1) is 9.79. The molecule has 0 fully saturated rings. The minimum absolute atomic E-state index is 0.167. The summed E-state index contributed by atoms with van der Waals surface area (Å²) in [5.41, 5.74) is 0.937. The van der Waals surface area contributed by atoms with E-state index in [1.807, 2.05) is 58.0 Å². The second-order valence-corrected chi connectivity index (χ2v) is 7.89.